The Bertz CT molecular complexity index is 1060. The molecule has 1 heterocycles. The summed E-state index contributed by atoms with van der Waals surface area (Å²) < 4.78 is 21.0. The molecule has 0 fully saturated rings. The highest BCUT2D eigenvalue weighted by atomic mass is 16.5. The van der Waals surface area contributed by atoms with Gasteiger partial charge in [0.2, 0.25) is 23.6 Å². The normalized spacial score (nSPS) is 13.1. The monoisotopic (exact) mass is 681 g/mol. The van der Waals surface area contributed by atoms with Crippen LogP contribution in [0.25, 0.3) is 0 Å². The van der Waals surface area contributed by atoms with Gasteiger partial charge in [-0.2, -0.15) is 0 Å². The number of benzene rings is 1. The summed E-state index contributed by atoms with van der Waals surface area (Å²) in [5, 5.41) is 8.12. The molecule has 2 rings (SSSR count). The van der Waals surface area contributed by atoms with E-state index in [1.807, 2.05) is 38.1 Å². The van der Waals surface area contributed by atoms with Gasteiger partial charge in [0.05, 0.1) is 52.2 Å². The molecule has 1 aromatic carbocycles. The number of nitrogens with one attached hydrogen (secondary N) is 3. The van der Waals surface area contributed by atoms with Crippen LogP contribution >= 0.6 is 0 Å². The number of ether oxygens (including phenoxy) is 4. The fourth-order valence-corrected chi connectivity index (χ4v) is 4.19. The molecule has 1 atom stereocenters. The molecule has 14 heteroatoms. The van der Waals surface area contributed by atoms with Gasteiger partial charge in [-0.3, -0.25) is 24.0 Å². The lowest BCUT2D eigenvalue weighted by Gasteiger charge is -2.35. The molecule has 0 saturated carbocycles. The number of carbonyl (C=O) groups is 5. The fraction of sp³-hybridized carbons (Fsp3) is 0.676. The third kappa shape index (κ3) is 21.4. The lowest BCUT2D eigenvalue weighted by atomic mass is 9.92. The molecule has 0 spiro atoms. The number of hydrogen-bond donors (Lipinski definition) is 4. The summed E-state index contributed by atoms with van der Waals surface area (Å²) in [4.78, 5) is 58.9. The Kier molecular flexibility index (Phi) is 27.6. The quantitative estimate of drug-likeness (QED) is 0.129. The minimum atomic E-state index is -0.360. The van der Waals surface area contributed by atoms with Gasteiger partial charge in [0.25, 0.3) is 0 Å². The summed E-state index contributed by atoms with van der Waals surface area (Å²) in [6.45, 7) is 13.4. The third-order valence-corrected chi connectivity index (χ3v) is 6.73. The van der Waals surface area contributed by atoms with Crippen molar-refractivity contribution in [3.63, 3.8) is 0 Å². The van der Waals surface area contributed by atoms with E-state index in [4.69, 9.17) is 24.7 Å². The van der Waals surface area contributed by atoms with E-state index in [0.29, 0.717) is 78.7 Å². The molecule has 0 aromatic heterocycles. The van der Waals surface area contributed by atoms with Crippen LogP contribution in [-0.2, 0) is 55.9 Å². The molecule has 1 aliphatic rings. The molecule has 0 bridgehead atoms. The summed E-state index contributed by atoms with van der Waals surface area (Å²) in [7, 11) is 0. The highest BCUT2D eigenvalue weighted by Gasteiger charge is 2.31. The molecule has 14 nitrogen and oxygen atoms in total. The number of amides is 4. The Hall–Kier alpha value is -3.43. The van der Waals surface area contributed by atoms with E-state index in [0.717, 1.165) is 24.0 Å². The van der Waals surface area contributed by atoms with Gasteiger partial charge in [0.1, 0.15) is 13.2 Å². The van der Waals surface area contributed by atoms with Crippen molar-refractivity contribution in [1.29, 1.82) is 0 Å². The number of ketones is 1. The number of Topliss-reactive ketones (excluding diaryl/α,β-unsaturated/α-hetero) is 1. The van der Waals surface area contributed by atoms with E-state index in [9.17, 15) is 24.0 Å². The predicted octanol–water partition coefficient (Wildman–Crippen LogP) is 1.13. The van der Waals surface area contributed by atoms with E-state index in [2.05, 4.69) is 22.9 Å². The Morgan fingerprint density at radius 1 is 0.750 bits per heavy atom. The lowest BCUT2D eigenvalue weighted by Crippen LogP contribution is -2.49. The molecule has 5 N–H and O–H groups in total. The smallest absolute Gasteiger partial charge is 0.246 e. The van der Waals surface area contributed by atoms with Crippen LogP contribution in [0.3, 0.4) is 0 Å². The van der Waals surface area contributed by atoms with E-state index in [-0.39, 0.29) is 55.2 Å². The first-order valence-corrected chi connectivity index (χ1v) is 16.9. The summed E-state index contributed by atoms with van der Waals surface area (Å²) in [6.07, 6.45) is 3.04. The van der Waals surface area contributed by atoms with Crippen molar-refractivity contribution in [3.05, 3.63) is 35.4 Å². The number of carbonyl (C=O) groups excluding carboxylic acids is 5. The highest BCUT2D eigenvalue weighted by Crippen LogP contribution is 2.23. The third-order valence-electron chi connectivity index (χ3n) is 6.73. The van der Waals surface area contributed by atoms with Crippen LogP contribution in [0.1, 0.15) is 65.0 Å². The maximum Gasteiger partial charge on any atom is 0.246 e. The van der Waals surface area contributed by atoms with Crippen molar-refractivity contribution >= 4 is 29.4 Å². The van der Waals surface area contributed by atoms with Crippen molar-refractivity contribution in [3.8, 4) is 0 Å². The number of nitrogens with two attached hydrogens (primary N) is 1. The second-order valence-electron chi connectivity index (χ2n) is 10.4. The van der Waals surface area contributed by atoms with Crippen LogP contribution in [-0.4, -0.2) is 119 Å². The Labute approximate surface area is 286 Å². The van der Waals surface area contributed by atoms with Crippen molar-refractivity contribution in [2.75, 3.05) is 79.0 Å². The SMILES string of the molecule is CC.CC(=O)C1Cc2ccccc2CN1C(=O)CN.CCCCNC(=O)COCCOCCNC(=O)COCCOCCNC(=O)CC. The first-order chi connectivity index (χ1) is 23.2. The first kappa shape index (κ1) is 44.6. The van der Waals surface area contributed by atoms with Crippen LogP contribution < -0.4 is 21.7 Å². The van der Waals surface area contributed by atoms with Crippen LogP contribution in [0.4, 0.5) is 0 Å². The van der Waals surface area contributed by atoms with Gasteiger partial charge < -0.3 is 45.5 Å². The number of unbranched alkanes of at least 4 members (excludes halogenated alkanes) is 1. The van der Waals surface area contributed by atoms with Crippen LogP contribution in [0.5, 0.6) is 0 Å². The average Bonchev–Trinajstić information content (AvgIpc) is 3.10. The summed E-state index contributed by atoms with van der Waals surface area (Å²) in [5.74, 6) is -0.521. The molecular weight excluding hydrogens is 622 g/mol. The maximum absolute atomic E-state index is 11.7. The van der Waals surface area contributed by atoms with Crippen molar-refractivity contribution in [2.45, 2.75) is 72.9 Å². The van der Waals surface area contributed by atoms with Gasteiger partial charge >= 0.3 is 0 Å². The van der Waals surface area contributed by atoms with Crippen LogP contribution in [0.15, 0.2) is 24.3 Å². The summed E-state index contributed by atoms with van der Waals surface area (Å²) >= 11 is 0. The largest absolute Gasteiger partial charge is 0.377 e. The summed E-state index contributed by atoms with van der Waals surface area (Å²) in [6, 6.07) is 7.54. The van der Waals surface area contributed by atoms with Gasteiger partial charge in [-0.05, 0) is 24.5 Å². The molecular formula is C34H59N5O9. The number of hydrogen-bond acceptors (Lipinski definition) is 10. The van der Waals surface area contributed by atoms with Crippen LogP contribution in [0.2, 0.25) is 0 Å². The lowest BCUT2D eigenvalue weighted by molar-refractivity contribution is -0.139. The molecule has 4 amide bonds. The van der Waals surface area contributed by atoms with Crippen molar-refractivity contribution < 1.29 is 42.9 Å². The van der Waals surface area contributed by atoms with E-state index < -0.39 is 0 Å². The Morgan fingerprint density at radius 2 is 1.25 bits per heavy atom. The number of fused-ring (bicyclic) bond motifs is 1. The minimum Gasteiger partial charge on any atom is -0.377 e. The molecule has 0 aliphatic carbocycles. The first-order valence-electron chi connectivity index (χ1n) is 16.9. The second kappa shape index (κ2) is 29.7. The van der Waals surface area contributed by atoms with E-state index >= 15 is 0 Å². The fourth-order valence-electron chi connectivity index (χ4n) is 4.19. The van der Waals surface area contributed by atoms with Gasteiger partial charge in [0.15, 0.2) is 5.78 Å². The van der Waals surface area contributed by atoms with Crippen molar-refractivity contribution in [1.82, 2.24) is 20.9 Å². The number of nitrogens with zero attached hydrogens (tertiary/aromatic N) is 1. The zero-order valence-electron chi connectivity index (χ0n) is 29.6. The zero-order valence-corrected chi connectivity index (χ0v) is 29.6. The minimum absolute atomic E-state index is 0.0109. The van der Waals surface area contributed by atoms with Crippen LogP contribution in [0, 0.1) is 0 Å². The molecule has 48 heavy (non-hydrogen) atoms. The van der Waals surface area contributed by atoms with Gasteiger partial charge in [-0.15, -0.1) is 0 Å². The van der Waals surface area contributed by atoms with Gasteiger partial charge in [-0.1, -0.05) is 58.4 Å². The second-order valence-corrected chi connectivity index (χ2v) is 10.4. The topological polar surface area (TPSA) is 188 Å². The molecule has 0 radical (unpaired) electrons. The average molecular weight is 682 g/mol. The maximum atomic E-state index is 11.7. The Balaban J connectivity index is 0.000000976. The standard InChI is InChI=1S/C19H37N3O7.C13H16N2O2.C2H6/c1-3-5-6-20-18(24)15-28-13-12-27-10-8-22-19(25)16-29-14-11-26-9-7-21-17(23)4-2;1-9(16)12-6-10-4-2-3-5-11(10)8-15(12)13(17)7-14;1-2/h3-16H2,1-2H3,(H,20,24)(H,21,23)(H,22,25);2-5,12H,6-8,14H2,1H3;1-2H3. The van der Waals surface area contributed by atoms with Crippen molar-refractivity contribution in [2.24, 2.45) is 5.73 Å². The van der Waals surface area contributed by atoms with Gasteiger partial charge in [0, 0.05) is 39.0 Å². The zero-order chi connectivity index (χ0) is 36.0. The molecule has 0 saturated heterocycles. The Morgan fingerprint density at radius 3 is 1.75 bits per heavy atom. The molecule has 1 aliphatic heterocycles. The van der Waals surface area contributed by atoms with E-state index in [1.54, 1.807) is 11.8 Å². The molecule has 1 aromatic rings. The summed E-state index contributed by atoms with van der Waals surface area (Å²) in [5.41, 5.74) is 7.63. The molecule has 274 valence electrons. The highest BCUT2D eigenvalue weighted by molar-refractivity contribution is 5.89. The molecule has 1 unspecified atom stereocenters. The van der Waals surface area contributed by atoms with E-state index in [1.165, 1.54) is 6.92 Å². The predicted molar refractivity (Wildman–Crippen MR) is 183 cm³/mol. The number of rotatable bonds is 22. The van der Waals surface area contributed by atoms with Gasteiger partial charge in [-0.25, -0.2) is 0 Å².